The highest BCUT2D eigenvalue weighted by atomic mass is 32.2. The molecule has 7 heteroatoms. The monoisotopic (exact) mass is 389 g/mol. The first kappa shape index (κ1) is 20.9. The molecule has 0 atom stereocenters. The molecule has 0 aliphatic rings. The summed E-state index contributed by atoms with van der Waals surface area (Å²) in [6.07, 6.45) is 0.868. The van der Waals surface area contributed by atoms with Gasteiger partial charge in [0.15, 0.2) is 0 Å². The Balaban J connectivity index is 2.00. The van der Waals surface area contributed by atoms with Crippen molar-refractivity contribution in [2.45, 2.75) is 25.2 Å². The summed E-state index contributed by atoms with van der Waals surface area (Å²) in [6, 6.07) is 11.4. The Hall–Kier alpha value is -2.38. The van der Waals surface area contributed by atoms with E-state index in [1.54, 1.807) is 42.5 Å². The molecule has 0 fully saturated rings. The van der Waals surface area contributed by atoms with Crippen LogP contribution in [0.4, 0.5) is 5.69 Å². The van der Waals surface area contributed by atoms with E-state index in [-0.39, 0.29) is 10.8 Å². The summed E-state index contributed by atoms with van der Waals surface area (Å²) in [5, 5.41) is 2.86. The van der Waals surface area contributed by atoms with Crippen molar-refractivity contribution in [3.8, 4) is 0 Å². The number of nitrogens with one attached hydrogen (secondary N) is 2. The first-order valence-electron chi connectivity index (χ1n) is 8.82. The van der Waals surface area contributed by atoms with Crippen molar-refractivity contribution >= 4 is 21.6 Å². The van der Waals surface area contributed by atoms with Gasteiger partial charge in [0.2, 0.25) is 0 Å². The smallest absolute Gasteiger partial charge is 0.261 e. The summed E-state index contributed by atoms with van der Waals surface area (Å²) in [6.45, 7) is 5.31. The molecule has 2 rings (SSSR count). The predicted molar refractivity (Wildman–Crippen MR) is 109 cm³/mol. The lowest BCUT2D eigenvalue weighted by Gasteiger charge is -2.11. The van der Waals surface area contributed by atoms with E-state index in [1.807, 2.05) is 27.9 Å². The van der Waals surface area contributed by atoms with Gasteiger partial charge in [-0.3, -0.25) is 9.52 Å². The standard InChI is InChI=1S/C20H27N3O3S/c1-15-6-11-19(14-16(15)2)27(25,26)22-18-9-7-17(8-10-18)20(24)21-12-5-13-23(3)4/h6-11,14,22H,5,12-13H2,1-4H3,(H,21,24). The Bertz CT molecular complexity index is 891. The van der Waals surface area contributed by atoms with E-state index in [1.165, 1.54) is 0 Å². The van der Waals surface area contributed by atoms with E-state index in [4.69, 9.17) is 0 Å². The molecule has 2 aromatic rings. The molecule has 1 amide bonds. The lowest BCUT2D eigenvalue weighted by Crippen LogP contribution is -2.27. The van der Waals surface area contributed by atoms with Crippen molar-refractivity contribution < 1.29 is 13.2 Å². The normalized spacial score (nSPS) is 11.4. The SMILES string of the molecule is Cc1ccc(S(=O)(=O)Nc2ccc(C(=O)NCCCN(C)C)cc2)cc1C. The van der Waals surface area contributed by atoms with Gasteiger partial charge in [0.25, 0.3) is 15.9 Å². The van der Waals surface area contributed by atoms with Crippen molar-refractivity contribution in [1.82, 2.24) is 10.2 Å². The summed E-state index contributed by atoms with van der Waals surface area (Å²) in [5.41, 5.74) is 2.86. The van der Waals surface area contributed by atoms with Crippen molar-refractivity contribution in [1.29, 1.82) is 0 Å². The summed E-state index contributed by atoms with van der Waals surface area (Å²) in [4.78, 5) is 14.4. The molecule has 0 aliphatic heterocycles. The molecular formula is C20H27N3O3S. The predicted octanol–water partition coefficient (Wildman–Crippen LogP) is 2.79. The minimum atomic E-state index is -3.67. The Morgan fingerprint density at radius 2 is 1.67 bits per heavy atom. The Morgan fingerprint density at radius 1 is 1.00 bits per heavy atom. The molecule has 27 heavy (non-hydrogen) atoms. The van der Waals surface area contributed by atoms with Crippen LogP contribution in [0.2, 0.25) is 0 Å². The van der Waals surface area contributed by atoms with Gasteiger partial charge in [-0.05, 0) is 88.4 Å². The van der Waals surface area contributed by atoms with Crippen molar-refractivity contribution in [2.75, 3.05) is 31.9 Å². The van der Waals surface area contributed by atoms with E-state index in [0.29, 0.717) is 17.8 Å². The molecule has 0 aromatic heterocycles. The third-order valence-corrected chi connectivity index (χ3v) is 5.63. The second kappa shape index (κ2) is 9.01. The number of amides is 1. The minimum absolute atomic E-state index is 0.169. The average Bonchev–Trinajstić information content (AvgIpc) is 2.61. The zero-order chi connectivity index (χ0) is 20.0. The van der Waals surface area contributed by atoms with E-state index >= 15 is 0 Å². The van der Waals surface area contributed by atoms with Crippen LogP contribution in [0.5, 0.6) is 0 Å². The molecule has 2 aromatic carbocycles. The third-order valence-electron chi connectivity index (χ3n) is 4.26. The number of aryl methyl sites for hydroxylation is 2. The molecule has 0 saturated carbocycles. The van der Waals surface area contributed by atoms with Gasteiger partial charge >= 0.3 is 0 Å². The van der Waals surface area contributed by atoms with Gasteiger partial charge in [-0.2, -0.15) is 0 Å². The number of rotatable bonds is 8. The van der Waals surface area contributed by atoms with Gasteiger partial charge in [0.05, 0.1) is 4.90 Å². The number of sulfonamides is 1. The van der Waals surface area contributed by atoms with Crippen LogP contribution >= 0.6 is 0 Å². The van der Waals surface area contributed by atoms with Gasteiger partial charge in [0, 0.05) is 17.8 Å². The molecule has 146 valence electrons. The number of carbonyl (C=O) groups is 1. The number of hydrogen-bond donors (Lipinski definition) is 2. The van der Waals surface area contributed by atoms with Gasteiger partial charge in [0.1, 0.15) is 0 Å². The van der Waals surface area contributed by atoms with Crippen LogP contribution < -0.4 is 10.0 Å². The van der Waals surface area contributed by atoms with Crippen LogP contribution in [0.1, 0.15) is 27.9 Å². The van der Waals surface area contributed by atoms with Gasteiger partial charge < -0.3 is 10.2 Å². The number of anilines is 1. The van der Waals surface area contributed by atoms with Crippen molar-refractivity contribution in [3.05, 3.63) is 59.2 Å². The Kier molecular flexibility index (Phi) is 6.98. The summed E-state index contributed by atoms with van der Waals surface area (Å²) in [5.74, 6) is -0.169. The maximum atomic E-state index is 12.5. The zero-order valence-electron chi connectivity index (χ0n) is 16.2. The van der Waals surface area contributed by atoms with Gasteiger partial charge in [-0.1, -0.05) is 6.07 Å². The molecule has 6 nitrogen and oxygen atoms in total. The second-order valence-corrected chi connectivity index (χ2v) is 8.52. The summed E-state index contributed by atoms with van der Waals surface area (Å²) >= 11 is 0. The molecule has 0 saturated heterocycles. The maximum absolute atomic E-state index is 12.5. The largest absolute Gasteiger partial charge is 0.352 e. The van der Waals surface area contributed by atoms with Crippen molar-refractivity contribution in [2.24, 2.45) is 0 Å². The van der Waals surface area contributed by atoms with Crippen LogP contribution in [0.3, 0.4) is 0 Å². The fourth-order valence-electron chi connectivity index (χ4n) is 2.48. The van der Waals surface area contributed by atoms with Crippen LogP contribution in [-0.2, 0) is 10.0 Å². The lowest BCUT2D eigenvalue weighted by atomic mass is 10.1. The number of carbonyl (C=O) groups excluding carboxylic acids is 1. The first-order chi connectivity index (χ1) is 12.7. The molecule has 0 bridgehead atoms. The maximum Gasteiger partial charge on any atom is 0.261 e. The van der Waals surface area contributed by atoms with Crippen LogP contribution in [-0.4, -0.2) is 46.4 Å². The van der Waals surface area contributed by atoms with E-state index in [0.717, 1.165) is 24.1 Å². The van der Waals surface area contributed by atoms with Crippen LogP contribution in [0.15, 0.2) is 47.4 Å². The highest BCUT2D eigenvalue weighted by molar-refractivity contribution is 7.92. The minimum Gasteiger partial charge on any atom is -0.352 e. The Morgan fingerprint density at radius 3 is 2.26 bits per heavy atom. The number of nitrogens with zero attached hydrogens (tertiary/aromatic N) is 1. The third kappa shape index (κ3) is 6.08. The molecule has 2 N–H and O–H groups in total. The highest BCUT2D eigenvalue weighted by Crippen LogP contribution is 2.19. The van der Waals surface area contributed by atoms with Gasteiger partial charge in [-0.15, -0.1) is 0 Å². The zero-order valence-corrected chi connectivity index (χ0v) is 17.1. The van der Waals surface area contributed by atoms with Crippen LogP contribution in [0.25, 0.3) is 0 Å². The summed E-state index contributed by atoms with van der Waals surface area (Å²) < 4.78 is 27.6. The van der Waals surface area contributed by atoms with E-state index in [9.17, 15) is 13.2 Å². The number of benzene rings is 2. The molecule has 0 spiro atoms. The van der Waals surface area contributed by atoms with E-state index < -0.39 is 10.0 Å². The molecule has 0 radical (unpaired) electrons. The first-order valence-corrected chi connectivity index (χ1v) is 10.3. The lowest BCUT2D eigenvalue weighted by molar-refractivity contribution is 0.0952. The topological polar surface area (TPSA) is 78.5 Å². The molecular weight excluding hydrogens is 362 g/mol. The highest BCUT2D eigenvalue weighted by Gasteiger charge is 2.15. The quantitative estimate of drug-likeness (QED) is 0.681. The average molecular weight is 390 g/mol. The molecule has 0 heterocycles. The van der Waals surface area contributed by atoms with Crippen LogP contribution in [0, 0.1) is 13.8 Å². The van der Waals surface area contributed by atoms with Crippen molar-refractivity contribution in [3.63, 3.8) is 0 Å². The summed E-state index contributed by atoms with van der Waals surface area (Å²) in [7, 11) is 0.305. The van der Waals surface area contributed by atoms with Gasteiger partial charge in [-0.25, -0.2) is 8.42 Å². The fourth-order valence-corrected chi connectivity index (χ4v) is 3.63. The fraction of sp³-hybridized carbons (Fsp3) is 0.350. The number of hydrogen-bond acceptors (Lipinski definition) is 4. The Labute approximate surface area is 161 Å². The molecule has 0 aliphatic carbocycles. The van der Waals surface area contributed by atoms with E-state index in [2.05, 4.69) is 14.9 Å². The molecule has 0 unspecified atom stereocenters. The second-order valence-electron chi connectivity index (χ2n) is 6.84.